The average Bonchev–Trinajstić information content (AvgIpc) is 1.00. The topological polar surface area (TPSA) is 17.1 Å². The molecule has 0 aromatic carbocycles. The molecule has 0 bridgehead atoms. The average molecular weight is 164 g/mol. The quantitative estimate of drug-likeness (QED) is 0.418. The van der Waals surface area contributed by atoms with Crippen LogP contribution in [0.3, 0.4) is 0 Å². The van der Waals surface area contributed by atoms with Crippen molar-refractivity contribution in [1.29, 1.82) is 0 Å². The summed E-state index contributed by atoms with van der Waals surface area (Å²) in [4.78, 5) is 0. The minimum absolute atomic E-state index is 0. The summed E-state index contributed by atoms with van der Waals surface area (Å²) in [6.45, 7) is 0. The summed E-state index contributed by atoms with van der Waals surface area (Å²) in [5, 5.41) is 0. The first-order valence-electron chi connectivity index (χ1n) is 0.183. The summed E-state index contributed by atoms with van der Waals surface area (Å²) in [6.07, 6.45) is 0. The maximum absolute atomic E-state index is 8.19. The van der Waals surface area contributed by atoms with E-state index in [1.54, 1.807) is 0 Å². The molecule has 0 spiro atoms. The zero-order chi connectivity index (χ0) is 2.00. The van der Waals surface area contributed by atoms with Crippen LogP contribution in [0, 0.1) is 0 Å². The first-order chi connectivity index (χ1) is 1.00. The summed E-state index contributed by atoms with van der Waals surface area (Å²) < 4.78 is 8.19. The van der Waals surface area contributed by atoms with Crippen LogP contribution < -0.4 is 0 Å². The van der Waals surface area contributed by atoms with Crippen LogP contribution in [0.1, 0.15) is 0 Å². The van der Waals surface area contributed by atoms with E-state index in [0.717, 1.165) is 17.4 Å². The van der Waals surface area contributed by atoms with E-state index >= 15 is 0 Å². The Morgan fingerprint density at radius 3 is 1.25 bits per heavy atom. The molecule has 22 valence electrons. The Kier molecular flexibility index (Phi) is 78.5. The molecule has 0 atom stereocenters. The molecule has 0 saturated carbocycles. The Hall–Kier alpha value is 2.16. The van der Waals surface area contributed by atoms with E-state index in [-0.39, 0.29) is 54.8 Å². The third-order valence-electron chi connectivity index (χ3n) is 0. The Morgan fingerprint density at radius 1 is 1.25 bits per heavy atom. The van der Waals surface area contributed by atoms with Gasteiger partial charge in [-0.3, -0.25) is 0 Å². The van der Waals surface area contributed by atoms with Gasteiger partial charge >= 0.3 is 58.8 Å². The van der Waals surface area contributed by atoms with E-state index in [0.29, 0.717) is 0 Å². The van der Waals surface area contributed by atoms with Crippen LogP contribution >= 0.6 is 0 Å². The van der Waals surface area contributed by atoms with Crippen LogP contribution in [0.15, 0.2) is 0 Å². The first kappa shape index (κ1) is 16.4. The second-order valence-electron chi connectivity index (χ2n) is 0. The molecule has 0 saturated heterocycles. The van der Waals surface area contributed by atoms with Crippen molar-refractivity contribution in [3.8, 4) is 0 Å². The fraction of sp³-hybridized carbons (Fsp3) is 0. The van der Waals surface area contributed by atoms with E-state index < -0.39 is 0 Å². The van der Waals surface area contributed by atoms with Gasteiger partial charge in [0.15, 0.2) is 0 Å². The Bertz CT molecular complexity index is 8.00. The van der Waals surface area contributed by atoms with Gasteiger partial charge in [0.25, 0.3) is 0 Å². The molecular weight excluding hydrogens is 162 g/mol. The van der Waals surface area contributed by atoms with Crippen LogP contribution in [-0.2, 0) is 38.1 Å². The molecule has 1 radical (unpaired) electrons. The molecule has 0 aliphatic heterocycles. The first-order valence-corrected chi connectivity index (χ1v) is 0.753. The molecule has 0 unspecified atom stereocenters. The van der Waals surface area contributed by atoms with E-state index in [1.165, 1.54) is 0 Å². The van der Waals surface area contributed by atoms with Crippen molar-refractivity contribution in [2.24, 2.45) is 0 Å². The minimum atomic E-state index is 0. The number of hydrogen-bond acceptors (Lipinski definition) is 1. The van der Waals surface area contributed by atoms with Crippen LogP contribution in [0.2, 0.25) is 0 Å². The summed E-state index contributed by atoms with van der Waals surface area (Å²) in [7, 11) is 0. The van der Waals surface area contributed by atoms with Crippen molar-refractivity contribution in [3.05, 3.63) is 0 Å². The molecule has 0 aromatic rings. The summed E-state index contributed by atoms with van der Waals surface area (Å²) in [5.41, 5.74) is 0. The summed E-state index contributed by atoms with van der Waals surface area (Å²) in [5.74, 6) is 0. The van der Waals surface area contributed by atoms with Crippen molar-refractivity contribution >= 4 is 37.7 Å². The molecule has 0 amide bonds. The van der Waals surface area contributed by atoms with Gasteiger partial charge in [-0.2, -0.15) is 0 Å². The zero-order valence-corrected chi connectivity index (χ0v) is 3.81. The third kappa shape index (κ3) is 8.90. The van der Waals surface area contributed by atoms with E-state index in [4.69, 9.17) is 3.67 Å². The van der Waals surface area contributed by atoms with Gasteiger partial charge in [-0.05, 0) is 0 Å². The van der Waals surface area contributed by atoms with E-state index in [1.807, 2.05) is 0 Å². The van der Waals surface area contributed by atoms with Gasteiger partial charge in [0.2, 0.25) is 0 Å². The molecule has 0 N–H and O–H groups in total. The molecule has 4 heteroatoms. The summed E-state index contributed by atoms with van der Waals surface area (Å²) >= 11 is 1.06. The van der Waals surface area contributed by atoms with Crippen molar-refractivity contribution in [3.63, 3.8) is 0 Å². The van der Waals surface area contributed by atoms with Gasteiger partial charge in [-0.1, -0.05) is 0 Å². The number of rotatable bonds is 0. The van der Waals surface area contributed by atoms with Crippen LogP contribution in [0.5, 0.6) is 0 Å². The van der Waals surface area contributed by atoms with Gasteiger partial charge in [-0.25, -0.2) is 0 Å². The second kappa shape index (κ2) is 19.1. The van der Waals surface area contributed by atoms with Crippen molar-refractivity contribution in [2.45, 2.75) is 0 Å². The Morgan fingerprint density at radius 2 is 1.25 bits per heavy atom. The predicted molar refractivity (Wildman–Crippen MR) is 9.23 cm³/mol. The molecule has 0 aliphatic rings. The number of hydrogen-bond donors (Lipinski definition) is 0. The molecule has 0 rings (SSSR count). The van der Waals surface area contributed by atoms with E-state index in [9.17, 15) is 0 Å². The molecule has 4 heavy (non-hydrogen) atoms. The summed E-state index contributed by atoms with van der Waals surface area (Å²) in [6, 6.07) is 0. The molecular formula is H2CaMnOV. The molecule has 1 nitrogen and oxygen atoms in total. The second-order valence-corrected chi connectivity index (χ2v) is 0. The van der Waals surface area contributed by atoms with Gasteiger partial charge in [-0.15, -0.1) is 0 Å². The molecule has 0 fully saturated rings. The van der Waals surface area contributed by atoms with Crippen LogP contribution in [-0.4, -0.2) is 37.7 Å². The van der Waals surface area contributed by atoms with Crippen molar-refractivity contribution < 1.29 is 38.1 Å². The Labute approximate surface area is 74.6 Å². The van der Waals surface area contributed by atoms with Crippen LogP contribution in [0.4, 0.5) is 0 Å². The molecule has 0 aromatic heterocycles. The fourth-order valence-corrected chi connectivity index (χ4v) is 0. The standard InChI is InChI=1S/Ca.Mn.O.V.2H. The van der Waals surface area contributed by atoms with Crippen LogP contribution in [0.25, 0.3) is 0 Å². The molecule has 0 aliphatic carbocycles. The van der Waals surface area contributed by atoms with Crippen molar-refractivity contribution in [1.82, 2.24) is 0 Å². The van der Waals surface area contributed by atoms with E-state index in [2.05, 4.69) is 0 Å². The fourth-order valence-electron chi connectivity index (χ4n) is 0. The van der Waals surface area contributed by atoms with Gasteiger partial charge in [0.05, 0.1) is 0 Å². The monoisotopic (exact) mass is 164 g/mol. The normalized spacial score (nSPS) is 0.750. The SMILES string of the molecule is [CaH2].[Mn].[O]=[V]. The van der Waals surface area contributed by atoms with Crippen molar-refractivity contribution in [2.75, 3.05) is 0 Å². The Balaban J connectivity index is -0.00000000500. The zero-order valence-electron chi connectivity index (χ0n) is 1.23. The molecule has 0 heterocycles. The van der Waals surface area contributed by atoms with Gasteiger partial charge in [0, 0.05) is 17.1 Å². The van der Waals surface area contributed by atoms with Gasteiger partial charge in [0.1, 0.15) is 0 Å². The maximum atomic E-state index is 8.19. The van der Waals surface area contributed by atoms with Gasteiger partial charge < -0.3 is 0 Å². The predicted octanol–water partition coefficient (Wildman–Crippen LogP) is -1.04. The third-order valence-corrected chi connectivity index (χ3v) is 0.